The van der Waals surface area contributed by atoms with Crippen LogP contribution in [0.15, 0.2) is 47.4 Å². The largest absolute Gasteiger partial charge is 0.382 e. The highest BCUT2D eigenvalue weighted by molar-refractivity contribution is 6.07. The lowest BCUT2D eigenvalue weighted by atomic mass is 10.1. The Morgan fingerprint density at radius 2 is 2.00 bits per heavy atom. The standard InChI is InChI=1S/C24H29N5O3/c1-4-31-15-20-27-22-23(29(20)12-7-13-32-16(2)3)18-10-9-17(14-19(18)26-24(22)25)28-11-6-5-8-21(28)30/h5-6,8-11,14,16H,4,7,12-13,15H2,1-3H3,(H2,25,26). The topological polar surface area (TPSA) is 97.2 Å². The summed E-state index contributed by atoms with van der Waals surface area (Å²) in [6.45, 7) is 8.40. The summed E-state index contributed by atoms with van der Waals surface area (Å²) in [6, 6.07) is 10.9. The van der Waals surface area contributed by atoms with Gasteiger partial charge in [-0.25, -0.2) is 9.97 Å². The van der Waals surface area contributed by atoms with E-state index < -0.39 is 0 Å². The monoisotopic (exact) mass is 435 g/mol. The Bertz CT molecular complexity index is 1290. The highest BCUT2D eigenvalue weighted by Gasteiger charge is 2.18. The number of benzene rings is 1. The minimum atomic E-state index is -0.102. The Hall–Kier alpha value is -3.23. The molecular weight excluding hydrogens is 406 g/mol. The van der Waals surface area contributed by atoms with Crippen molar-refractivity contribution in [1.82, 2.24) is 19.1 Å². The number of aryl methyl sites for hydroxylation is 1. The number of hydrogen-bond donors (Lipinski definition) is 1. The summed E-state index contributed by atoms with van der Waals surface area (Å²) in [6.07, 6.45) is 2.77. The van der Waals surface area contributed by atoms with Gasteiger partial charge in [0.05, 0.1) is 22.8 Å². The molecule has 0 saturated heterocycles. The van der Waals surface area contributed by atoms with Gasteiger partial charge < -0.3 is 19.8 Å². The van der Waals surface area contributed by atoms with Crippen LogP contribution in [0.25, 0.3) is 27.6 Å². The van der Waals surface area contributed by atoms with Crippen molar-refractivity contribution in [2.45, 2.75) is 46.4 Å². The van der Waals surface area contributed by atoms with Gasteiger partial charge in [0.25, 0.3) is 5.56 Å². The Balaban J connectivity index is 1.83. The number of fused-ring (bicyclic) bond motifs is 3. The Kier molecular flexibility index (Phi) is 6.53. The summed E-state index contributed by atoms with van der Waals surface area (Å²) in [5, 5.41) is 0.932. The highest BCUT2D eigenvalue weighted by Crippen LogP contribution is 2.30. The number of ether oxygens (including phenoxy) is 2. The number of nitrogen functional groups attached to an aromatic ring is 1. The summed E-state index contributed by atoms with van der Waals surface area (Å²) in [5.74, 6) is 1.18. The third-order valence-corrected chi connectivity index (χ3v) is 5.28. The molecule has 3 heterocycles. The maximum atomic E-state index is 12.3. The predicted molar refractivity (Wildman–Crippen MR) is 126 cm³/mol. The van der Waals surface area contributed by atoms with E-state index >= 15 is 0 Å². The van der Waals surface area contributed by atoms with Gasteiger partial charge in [-0.3, -0.25) is 9.36 Å². The lowest BCUT2D eigenvalue weighted by Gasteiger charge is -2.13. The van der Waals surface area contributed by atoms with Crippen LogP contribution >= 0.6 is 0 Å². The minimum absolute atomic E-state index is 0.102. The minimum Gasteiger partial charge on any atom is -0.382 e. The maximum Gasteiger partial charge on any atom is 0.255 e. The molecule has 0 aliphatic carbocycles. The summed E-state index contributed by atoms with van der Waals surface area (Å²) >= 11 is 0. The highest BCUT2D eigenvalue weighted by atomic mass is 16.5. The Morgan fingerprint density at radius 3 is 2.75 bits per heavy atom. The zero-order valence-electron chi connectivity index (χ0n) is 18.7. The van der Waals surface area contributed by atoms with Gasteiger partial charge in [0.15, 0.2) is 5.82 Å². The fourth-order valence-electron chi connectivity index (χ4n) is 3.82. The fraction of sp³-hybridized carbons (Fsp3) is 0.375. The van der Waals surface area contributed by atoms with E-state index in [0.29, 0.717) is 36.7 Å². The summed E-state index contributed by atoms with van der Waals surface area (Å²) in [7, 11) is 0. The van der Waals surface area contributed by atoms with Crippen molar-refractivity contribution in [3.8, 4) is 5.69 Å². The van der Waals surface area contributed by atoms with Crippen LogP contribution in [-0.4, -0.2) is 38.4 Å². The van der Waals surface area contributed by atoms with Crippen molar-refractivity contribution < 1.29 is 9.47 Å². The van der Waals surface area contributed by atoms with E-state index in [-0.39, 0.29) is 11.7 Å². The van der Waals surface area contributed by atoms with E-state index in [4.69, 9.17) is 20.2 Å². The molecule has 0 spiro atoms. The van der Waals surface area contributed by atoms with Crippen molar-refractivity contribution in [3.63, 3.8) is 0 Å². The van der Waals surface area contributed by atoms with Gasteiger partial charge in [0, 0.05) is 37.4 Å². The van der Waals surface area contributed by atoms with Gasteiger partial charge in [-0.05, 0) is 51.5 Å². The average Bonchev–Trinajstić information content (AvgIpc) is 3.14. The number of anilines is 1. The van der Waals surface area contributed by atoms with Crippen LogP contribution in [0.5, 0.6) is 0 Å². The lowest BCUT2D eigenvalue weighted by molar-refractivity contribution is 0.0742. The van der Waals surface area contributed by atoms with Crippen LogP contribution in [0.3, 0.4) is 0 Å². The second-order valence-electron chi connectivity index (χ2n) is 7.89. The Labute approximate surface area is 186 Å². The zero-order chi connectivity index (χ0) is 22.7. The molecule has 168 valence electrons. The second-order valence-corrected chi connectivity index (χ2v) is 7.89. The van der Waals surface area contributed by atoms with Crippen LogP contribution in [-0.2, 0) is 22.6 Å². The van der Waals surface area contributed by atoms with E-state index in [1.165, 1.54) is 6.07 Å². The van der Waals surface area contributed by atoms with Gasteiger partial charge >= 0.3 is 0 Å². The van der Waals surface area contributed by atoms with Gasteiger partial charge in [0.2, 0.25) is 0 Å². The number of aromatic nitrogens is 4. The molecule has 0 aliphatic heterocycles. The molecule has 3 aromatic heterocycles. The molecule has 0 saturated carbocycles. The van der Waals surface area contributed by atoms with Crippen LogP contribution in [0.2, 0.25) is 0 Å². The first-order valence-corrected chi connectivity index (χ1v) is 10.9. The third-order valence-electron chi connectivity index (χ3n) is 5.28. The quantitative estimate of drug-likeness (QED) is 0.403. The van der Waals surface area contributed by atoms with E-state index in [1.54, 1.807) is 16.8 Å². The van der Waals surface area contributed by atoms with Gasteiger partial charge in [-0.1, -0.05) is 6.07 Å². The normalized spacial score (nSPS) is 11.8. The molecule has 0 aliphatic rings. The lowest BCUT2D eigenvalue weighted by Crippen LogP contribution is -2.15. The van der Waals surface area contributed by atoms with Crippen molar-refractivity contribution in [1.29, 1.82) is 0 Å². The molecule has 0 atom stereocenters. The van der Waals surface area contributed by atoms with Crippen LogP contribution in [0.1, 0.15) is 33.0 Å². The van der Waals surface area contributed by atoms with Crippen LogP contribution in [0, 0.1) is 0 Å². The zero-order valence-corrected chi connectivity index (χ0v) is 18.7. The molecule has 32 heavy (non-hydrogen) atoms. The molecular formula is C24H29N5O3. The molecule has 1 aromatic carbocycles. The number of nitrogens with two attached hydrogens (primary N) is 1. The van der Waals surface area contributed by atoms with Crippen LogP contribution in [0.4, 0.5) is 5.82 Å². The van der Waals surface area contributed by atoms with E-state index in [2.05, 4.69) is 9.55 Å². The van der Waals surface area contributed by atoms with E-state index in [1.807, 2.05) is 45.0 Å². The van der Waals surface area contributed by atoms with Crippen molar-refractivity contribution in [2.24, 2.45) is 0 Å². The first-order chi connectivity index (χ1) is 15.5. The number of rotatable bonds is 9. The number of pyridine rings is 2. The van der Waals surface area contributed by atoms with E-state index in [9.17, 15) is 4.79 Å². The number of nitrogens with zero attached hydrogens (tertiary/aromatic N) is 4. The Morgan fingerprint density at radius 1 is 1.16 bits per heavy atom. The summed E-state index contributed by atoms with van der Waals surface area (Å²) < 4.78 is 15.1. The molecule has 0 unspecified atom stereocenters. The molecule has 2 N–H and O–H groups in total. The van der Waals surface area contributed by atoms with Gasteiger partial charge in [-0.15, -0.1) is 0 Å². The summed E-state index contributed by atoms with van der Waals surface area (Å²) in [5.41, 5.74) is 9.27. The number of imidazole rings is 1. The van der Waals surface area contributed by atoms with E-state index in [0.717, 1.165) is 35.4 Å². The molecule has 0 amide bonds. The predicted octanol–water partition coefficient (Wildman–Crippen LogP) is 3.67. The van der Waals surface area contributed by atoms with Crippen molar-refractivity contribution >= 4 is 27.8 Å². The third kappa shape index (κ3) is 4.37. The fourth-order valence-corrected chi connectivity index (χ4v) is 3.82. The average molecular weight is 436 g/mol. The number of hydrogen-bond acceptors (Lipinski definition) is 6. The molecule has 0 radical (unpaired) electrons. The van der Waals surface area contributed by atoms with Crippen molar-refractivity contribution in [3.05, 3.63) is 58.8 Å². The van der Waals surface area contributed by atoms with Crippen molar-refractivity contribution in [2.75, 3.05) is 18.9 Å². The second kappa shape index (κ2) is 9.50. The first-order valence-electron chi connectivity index (χ1n) is 10.9. The summed E-state index contributed by atoms with van der Waals surface area (Å²) in [4.78, 5) is 21.6. The molecule has 8 heteroatoms. The SMILES string of the molecule is CCOCc1nc2c(N)nc3cc(-n4ccccc4=O)ccc3c2n1CCCOC(C)C. The van der Waals surface area contributed by atoms with Gasteiger partial charge in [-0.2, -0.15) is 0 Å². The molecule has 4 aromatic rings. The molecule has 8 nitrogen and oxygen atoms in total. The van der Waals surface area contributed by atoms with Crippen LogP contribution < -0.4 is 11.3 Å². The molecule has 0 bridgehead atoms. The smallest absolute Gasteiger partial charge is 0.255 e. The molecule has 4 rings (SSSR count). The van der Waals surface area contributed by atoms with Gasteiger partial charge in [0.1, 0.15) is 17.9 Å². The maximum absolute atomic E-state index is 12.3. The first kappa shape index (κ1) is 22.0. The molecule has 0 fully saturated rings.